The molecule has 0 fully saturated rings. The van der Waals surface area contributed by atoms with Crippen molar-refractivity contribution in [1.29, 1.82) is 0 Å². The average Bonchev–Trinajstić information content (AvgIpc) is 3.20. The fourth-order valence-corrected chi connectivity index (χ4v) is 3.70. The van der Waals surface area contributed by atoms with Crippen molar-refractivity contribution in [2.24, 2.45) is 0 Å². The van der Waals surface area contributed by atoms with Crippen LogP contribution in [0.4, 0.5) is 10.1 Å². The zero-order valence-corrected chi connectivity index (χ0v) is 17.5. The summed E-state index contributed by atoms with van der Waals surface area (Å²) < 4.78 is 25.7. The molecule has 1 aromatic carbocycles. The van der Waals surface area contributed by atoms with E-state index in [2.05, 4.69) is 23.5 Å². The largest absolute Gasteiger partial charge is 0.465 e. The molecule has 1 N–H and O–H groups in total. The van der Waals surface area contributed by atoms with E-state index >= 15 is 0 Å². The normalized spacial score (nSPS) is 11.1. The number of methoxy groups -OCH3 is 1. The van der Waals surface area contributed by atoms with Crippen LogP contribution in [0.25, 0.3) is 10.2 Å². The molecule has 0 bridgehead atoms. The Morgan fingerprint density at radius 3 is 2.71 bits per heavy atom. The molecule has 6 nitrogen and oxygen atoms in total. The lowest BCUT2D eigenvalue weighted by Crippen LogP contribution is -2.12. The SMILES string of the molecule is C=C/C=C(\C=C)CC(=O)Nc1ccc(Oc2ccnc3cc(C(=O)OC)sc23)c(F)c1. The van der Waals surface area contributed by atoms with Crippen LogP contribution in [-0.2, 0) is 9.53 Å². The van der Waals surface area contributed by atoms with Crippen LogP contribution >= 0.6 is 11.3 Å². The quantitative estimate of drug-likeness (QED) is 0.364. The molecule has 1 amide bonds. The van der Waals surface area contributed by atoms with E-state index in [9.17, 15) is 14.0 Å². The third-order valence-corrected chi connectivity index (χ3v) is 5.28. The maximum atomic E-state index is 14.6. The molecular weight excluding hydrogens is 419 g/mol. The van der Waals surface area contributed by atoms with Crippen molar-refractivity contribution in [3.8, 4) is 11.5 Å². The zero-order valence-electron chi connectivity index (χ0n) is 16.7. The predicted octanol–water partition coefficient (Wildman–Crippen LogP) is 5.64. The maximum absolute atomic E-state index is 14.6. The number of carbonyl (C=O) groups excluding carboxylic acids is 2. The van der Waals surface area contributed by atoms with Crippen molar-refractivity contribution in [3.05, 3.63) is 84.2 Å². The van der Waals surface area contributed by atoms with Crippen LogP contribution in [0.2, 0.25) is 0 Å². The van der Waals surface area contributed by atoms with Crippen molar-refractivity contribution < 1.29 is 23.5 Å². The number of fused-ring (bicyclic) bond motifs is 1. The third kappa shape index (κ3) is 5.23. The molecule has 0 atom stereocenters. The number of amides is 1. The van der Waals surface area contributed by atoms with Gasteiger partial charge in [-0.15, -0.1) is 11.3 Å². The van der Waals surface area contributed by atoms with Crippen LogP contribution in [0, 0.1) is 5.82 Å². The van der Waals surface area contributed by atoms with Gasteiger partial charge in [-0.2, -0.15) is 0 Å². The molecule has 0 spiro atoms. The fourth-order valence-electron chi connectivity index (χ4n) is 2.72. The third-order valence-electron chi connectivity index (χ3n) is 4.16. The molecule has 0 saturated heterocycles. The van der Waals surface area contributed by atoms with Crippen LogP contribution in [0.5, 0.6) is 11.5 Å². The summed E-state index contributed by atoms with van der Waals surface area (Å²) in [5, 5.41) is 2.63. The lowest BCUT2D eigenvalue weighted by Gasteiger charge is -2.10. The number of pyridine rings is 1. The number of benzene rings is 1. The van der Waals surface area contributed by atoms with E-state index in [-0.39, 0.29) is 18.1 Å². The minimum Gasteiger partial charge on any atom is -0.465 e. The second kappa shape index (κ2) is 9.82. The molecule has 3 rings (SSSR count). The molecular formula is C23H19FN2O4S. The molecule has 0 saturated carbocycles. The smallest absolute Gasteiger partial charge is 0.348 e. The van der Waals surface area contributed by atoms with Crippen molar-refractivity contribution in [2.45, 2.75) is 6.42 Å². The molecule has 0 radical (unpaired) electrons. The number of thiophene rings is 1. The number of hydrogen-bond donors (Lipinski definition) is 1. The maximum Gasteiger partial charge on any atom is 0.348 e. The minimum atomic E-state index is -0.655. The zero-order chi connectivity index (χ0) is 22.4. The number of aromatic nitrogens is 1. The second-order valence-electron chi connectivity index (χ2n) is 6.28. The average molecular weight is 438 g/mol. The molecule has 158 valence electrons. The van der Waals surface area contributed by atoms with E-state index in [0.717, 1.165) is 11.3 Å². The molecule has 0 aliphatic rings. The number of allylic oxidation sites excluding steroid dienone is 3. The van der Waals surface area contributed by atoms with Gasteiger partial charge < -0.3 is 14.8 Å². The lowest BCUT2D eigenvalue weighted by atomic mass is 10.1. The van der Waals surface area contributed by atoms with E-state index in [0.29, 0.717) is 32.1 Å². The molecule has 0 unspecified atom stereocenters. The van der Waals surface area contributed by atoms with E-state index in [1.54, 1.807) is 30.4 Å². The second-order valence-corrected chi connectivity index (χ2v) is 7.33. The van der Waals surface area contributed by atoms with Crippen LogP contribution in [0.15, 0.2) is 73.5 Å². The van der Waals surface area contributed by atoms with Gasteiger partial charge >= 0.3 is 5.97 Å². The van der Waals surface area contributed by atoms with Gasteiger partial charge in [0.25, 0.3) is 0 Å². The first-order chi connectivity index (χ1) is 14.9. The number of halogens is 1. The van der Waals surface area contributed by atoms with Crippen molar-refractivity contribution in [3.63, 3.8) is 0 Å². The molecule has 8 heteroatoms. The molecule has 0 aliphatic carbocycles. The molecule has 0 aliphatic heterocycles. The topological polar surface area (TPSA) is 77.5 Å². The Bertz CT molecular complexity index is 1200. The number of hydrogen-bond acceptors (Lipinski definition) is 6. The Labute approximate surface area is 182 Å². The number of ether oxygens (including phenoxy) is 2. The first-order valence-corrected chi connectivity index (χ1v) is 9.95. The Morgan fingerprint density at radius 1 is 1.23 bits per heavy atom. The van der Waals surface area contributed by atoms with Gasteiger partial charge in [0, 0.05) is 24.0 Å². The van der Waals surface area contributed by atoms with Gasteiger partial charge in [0.05, 0.1) is 23.7 Å². The minimum absolute atomic E-state index is 0.0307. The summed E-state index contributed by atoms with van der Waals surface area (Å²) in [4.78, 5) is 28.5. The number of rotatable bonds is 8. The highest BCUT2D eigenvalue weighted by Crippen LogP contribution is 2.36. The number of carbonyl (C=O) groups is 2. The highest BCUT2D eigenvalue weighted by atomic mass is 32.1. The summed E-state index contributed by atoms with van der Waals surface area (Å²) in [6.45, 7) is 7.22. The van der Waals surface area contributed by atoms with Crippen LogP contribution < -0.4 is 10.1 Å². The number of anilines is 1. The lowest BCUT2D eigenvalue weighted by molar-refractivity contribution is -0.115. The fraction of sp³-hybridized carbons (Fsp3) is 0.0870. The van der Waals surface area contributed by atoms with Crippen molar-refractivity contribution in [1.82, 2.24) is 4.98 Å². The Morgan fingerprint density at radius 2 is 2.03 bits per heavy atom. The Hall–Kier alpha value is -3.78. The number of nitrogens with zero attached hydrogens (tertiary/aromatic N) is 1. The molecule has 2 aromatic heterocycles. The van der Waals surface area contributed by atoms with Gasteiger partial charge in [-0.25, -0.2) is 9.18 Å². The van der Waals surface area contributed by atoms with Gasteiger partial charge in [-0.05, 0) is 23.8 Å². The summed E-state index contributed by atoms with van der Waals surface area (Å²) in [7, 11) is 1.29. The van der Waals surface area contributed by atoms with E-state index in [1.807, 2.05) is 0 Å². The van der Waals surface area contributed by atoms with Crippen molar-refractivity contribution in [2.75, 3.05) is 12.4 Å². The van der Waals surface area contributed by atoms with Crippen LogP contribution in [0.1, 0.15) is 16.1 Å². The molecule has 31 heavy (non-hydrogen) atoms. The highest BCUT2D eigenvalue weighted by molar-refractivity contribution is 7.21. The highest BCUT2D eigenvalue weighted by Gasteiger charge is 2.16. The standard InChI is InChI=1S/C23H19FN2O4S/c1-4-6-14(5-2)11-21(27)26-15-7-8-18(16(24)12-15)30-19-9-10-25-17-13-20(23(28)29-3)31-22(17)19/h4-10,12-13H,1-2,11H2,3H3,(H,26,27)/b14-6+. The van der Waals surface area contributed by atoms with Gasteiger partial charge in [-0.1, -0.05) is 31.4 Å². The molecule has 3 aromatic rings. The van der Waals surface area contributed by atoms with E-state index in [4.69, 9.17) is 9.47 Å². The Balaban J connectivity index is 1.78. The van der Waals surface area contributed by atoms with Gasteiger partial charge in [0.15, 0.2) is 11.6 Å². The van der Waals surface area contributed by atoms with Crippen molar-refractivity contribution >= 4 is 39.1 Å². The van der Waals surface area contributed by atoms with E-state index in [1.165, 1.54) is 31.5 Å². The predicted molar refractivity (Wildman–Crippen MR) is 119 cm³/mol. The summed E-state index contributed by atoms with van der Waals surface area (Å²) in [5.41, 5.74) is 1.52. The summed E-state index contributed by atoms with van der Waals surface area (Å²) in [5.74, 6) is -1.13. The Kier molecular flexibility index (Phi) is 6.94. The van der Waals surface area contributed by atoms with E-state index < -0.39 is 11.8 Å². The van der Waals surface area contributed by atoms with Crippen LogP contribution in [0.3, 0.4) is 0 Å². The first kappa shape index (κ1) is 21.9. The monoisotopic (exact) mass is 438 g/mol. The van der Waals surface area contributed by atoms with Crippen LogP contribution in [-0.4, -0.2) is 24.0 Å². The van der Waals surface area contributed by atoms with Gasteiger partial charge in [0.2, 0.25) is 5.91 Å². The number of nitrogens with one attached hydrogen (secondary N) is 1. The first-order valence-electron chi connectivity index (χ1n) is 9.13. The summed E-state index contributed by atoms with van der Waals surface area (Å²) in [6.07, 6.45) is 6.39. The summed E-state index contributed by atoms with van der Waals surface area (Å²) in [6, 6.07) is 7.29. The number of esters is 1. The summed E-state index contributed by atoms with van der Waals surface area (Å²) >= 11 is 1.14. The van der Waals surface area contributed by atoms with Gasteiger partial charge in [0.1, 0.15) is 10.6 Å². The van der Waals surface area contributed by atoms with Gasteiger partial charge in [-0.3, -0.25) is 9.78 Å². The molecule has 2 heterocycles.